The molecule has 0 aromatic heterocycles. The fourth-order valence-electron chi connectivity index (χ4n) is 11.5. The van der Waals surface area contributed by atoms with Gasteiger partial charge in [0.1, 0.15) is 24.1 Å². The summed E-state index contributed by atoms with van der Waals surface area (Å²) in [5.74, 6) is 0.0476. The van der Waals surface area contributed by atoms with Crippen LogP contribution in [0.4, 0.5) is 11.4 Å². The van der Waals surface area contributed by atoms with E-state index in [0.29, 0.717) is 123 Å². The van der Waals surface area contributed by atoms with Crippen molar-refractivity contribution in [1.29, 1.82) is 0 Å². The summed E-state index contributed by atoms with van der Waals surface area (Å²) in [6.07, 6.45) is 6.23. The van der Waals surface area contributed by atoms with E-state index in [1.54, 1.807) is 7.11 Å². The molecule has 3 unspecified atom stereocenters. The molecule has 1 N–H and O–H groups in total. The van der Waals surface area contributed by atoms with E-state index < -0.39 is 17.6 Å². The second-order valence-corrected chi connectivity index (χ2v) is 21.2. The summed E-state index contributed by atoms with van der Waals surface area (Å²) >= 11 is 0. The van der Waals surface area contributed by atoms with Gasteiger partial charge in [0.25, 0.3) is 0 Å². The number of fused-ring (bicyclic) bond motifs is 8. The fourth-order valence-corrected chi connectivity index (χ4v) is 11.5. The molecule has 3 heterocycles. The van der Waals surface area contributed by atoms with Gasteiger partial charge in [-0.25, -0.2) is 4.79 Å². The van der Waals surface area contributed by atoms with Crippen LogP contribution in [-0.4, -0.2) is 149 Å². The SMILES string of the molecule is C=C(C)COCCOCCOCCOCCOCCOCCOC(=O)CCC1CCN(c2cc3c4c(c5c(c3cc2OC)OC(c2ccccc2)(c2ccc(N3CCOCC3)cc2)C=C5)C(C)(C)c2ccccc2-4)C(C(=O)O)C1. The highest BCUT2D eigenvalue weighted by molar-refractivity contribution is 6.10. The van der Waals surface area contributed by atoms with E-state index in [4.69, 9.17) is 47.4 Å². The molecule has 1 aliphatic carbocycles. The molecular weight excluding hydrogens is 1000 g/mol. The molecule has 0 radical (unpaired) electrons. The highest BCUT2D eigenvalue weighted by Crippen LogP contribution is 2.59. The molecule has 4 aliphatic rings. The number of esters is 1. The van der Waals surface area contributed by atoms with Crippen molar-refractivity contribution >= 4 is 40.2 Å². The van der Waals surface area contributed by atoms with Crippen LogP contribution in [0.3, 0.4) is 0 Å². The van der Waals surface area contributed by atoms with Crippen LogP contribution in [-0.2, 0) is 58.5 Å². The standard InChI is InChI=1S/C64H78N2O13/c1-45(2)44-77-38-37-75-34-33-73-30-29-72-31-32-74-35-36-76-39-40-78-58(67)20-15-46-22-24-66(56(41-46)62(68)69)55-42-52-53(43-57(55)70-5)61-51(60-59(52)50-13-9-10-14-54(50)63(60,3)4)21-23-64(79-61,47-11-7-6-8-12-47)48-16-18-49(19-17-48)65-25-27-71-28-26-65/h6-14,16-19,21,23,42-43,46,56H,1,15,20,22,24-41,44H2,2-5H3,(H,68,69). The molecule has 422 valence electrons. The van der Waals surface area contributed by atoms with Crippen LogP contribution in [0.15, 0.2) is 109 Å². The van der Waals surface area contributed by atoms with Gasteiger partial charge >= 0.3 is 11.9 Å². The summed E-state index contributed by atoms with van der Waals surface area (Å²) in [7, 11) is 1.64. The first-order chi connectivity index (χ1) is 38.5. The van der Waals surface area contributed by atoms with Crippen LogP contribution in [0.2, 0.25) is 0 Å². The lowest BCUT2D eigenvalue weighted by Gasteiger charge is -2.40. The van der Waals surface area contributed by atoms with Crippen molar-refractivity contribution in [3.05, 3.63) is 137 Å². The van der Waals surface area contributed by atoms with Crippen LogP contribution in [0.25, 0.3) is 28.0 Å². The molecule has 0 amide bonds. The Morgan fingerprint density at radius 1 is 0.734 bits per heavy atom. The number of carbonyl (C=O) groups excluding carboxylic acids is 1. The van der Waals surface area contributed by atoms with Gasteiger partial charge in [-0.3, -0.25) is 4.79 Å². The number of aliphatic carboxylic acids is 1. The van der Waals surface area contributed by atoms with Gasteiger partial charge in [0, 0.05) is 59.2 Å². The molecule has 2 fully saturated rings. The predicted molar refractivity (Wildman–Crippen MR) is 306 cm³/mol. The summed E-state index contributed by atoms with van der Waals surface area (Å²) in [5, 5.41) is 12.7. The number of morpholine rings is 1. The summed E-state index contributed by atoms with van der Waals surface area (Å²) in [6, 6.07) is 31.0. The fraction of sp³-hybridized carbons (Fsp3) is 0.469. The largest absolute Gasteiger partial charge is 0.495 e. The van der Waals surface area contributed by atoms with E-state index in [9.17, 15) is 14.7 Å². The van der Waals surface area contributed by atoms with Gasteiger partial charge in [0.2, 0.25) is 0 Å². The first kappa shape index (κ1) is 57.4. The molecule has 5 aromatic rings. The van der Waals surface area contributed by atoms with Crippen LogP contribution in [0, 0.1) is 5.92 Å². The van der Waals surface area contributed by atoms with Gasteiger partial charge in [-0.1, -0.05) is 98.8 Å². The third-order valence-corrected chi connectivity index (χ3v) is 15.5. The van der Waals surface area contributed by atoms with Gasteiger partial charge in [-0.05, 0) is 90.1 Å². The molecular formula is C64H78N2O13. The molecule has 0 spiro atoms. The Bertz CT molecular complexity index is 2880. The first-order valence-electron chi connectivity index (χ1n) is 27.9. The number of carboxylic acid groups (broad SMARTS) is 1. The minimum Gasteiger partial charge on any atom is -0.495 e. The van der Waals surface area contributed by atoms with Crippen molar-refractivity contribution in [2.45, 2.75) is 63.5 Å². The van der Waals surface area contributed by atoms with Crippen molar-refractivity contribution in [3.63, 3.8) is 0 Å². The summed E-state index contributed by atoms with van der Waals surface area (Å²) in [4.78, 5) is 30.6. The van der Waals surface area contributed by atoms with Gasteiger partial charge < -0.3 is 62.3 Å². The number of rotatable bonds is 29. The van der Waals surface area contributed by atoms with Crippen LogP contribution >= 0.6 is 0 Å². The molecule has 0 bridgehead atoms. The number of hydrogen-bond acceptors (Lipinski definition) is 14. The zero-order chi connectivity index (χ0) is 55.2. The zero-order valence-electron chi connectivity index (χ0n) is 46.5. The topological polar surface area (TPSA) is 153 Å². The van der Waals surface area contributed by atoms with Crippen molar-refractivity contribution in [2.24, 2.45) is 5.92 Å². The normalized spacial score (nSPS) is 19.1. The Labute approximate surface area is 465 Å². The van der Waals surface area contributed by atoms with E-state index in [2.05, 4.69) is 116 Å². The maximum atomic E-state index is 13.3. The van der Waals surface area contributed by atoms with Gasteiger partial charge in [-0.15, -0.1) is 0 Å². The summed E-state index contributed by atoms with van der Waals surface area (Å²) in [5.41, 5.74) is 9.13. The Morgan fingerprint density at radius 3 is 1.97 bits per heavy atom. The molecule has 9 rings (SSSR count). The average Bonchev–Trinajstić information content (AvgIpc) is 3.37. The average molecular weight is 1080 g/mol. The zero-order valence-corrected chi connectivity index (χ0v) is 46.5. The molecule has 2 saturated heterocycles. The molecule has 3 atom stereocenters. The molecule has 3 aliphatic heterocycles. The second-order valence-electron chi connectivity index (χ2n) is 21.2. The Kier molecular flexibility index (Phi) is 19.8. The maximum absolute atomic E-state index is 13.3. The van der Waals surface area contributed by atoms with E-state index in [0.717, 1.165) is 68.7 Å². The van der Waals surface area contributed by atoms with Crippen molar-refractivity contribution in [3.8, 4) is 22.6 Å². The smallest absolute Gasteiger partial charge is 0.326 e. The maximum Gasteiger partial charge on any atom is 0.326 e. The van der Waals surface area contributed by atoms with E-state index in [1.807, 2.05) is 24.0 Å². The third-order valence-electron chi connectivity index (χ3n) is 15.5. The van der Waals surface area contributed by atoms with E-state index in [1.165, 1.54) is 11.1 Å². The minimum absolute atomic E-state index is 0.00176. The molecule has 0 saturated carbocycles. The van der Waals surface area contributed by atoms with Gasteiger partial charge in [0.15, 0.2) is 5.60 Å². The van der Waals surface area contributed by atoms with Crippen molar-refractivity contribution < 1.29 is 62.1 Å². The number of carbonyl (C=O) groups is 2. The number of hydrogen-bond donors (Lipinski definition) is 1. The Morgan fingerprint density at radius 2 is 1.34 bits per heavy atom. The molecule has 79 heavy (non-hydrogen) atoms. The highest BCUT2D eigenvalue weighted by Gasteiger charge is 2.45. The number of ether oxygens (including phenoxy) is 10. The van der Waals surface area contributed by atoms with Crippen molar-refractivity contribution in [2.75, 3.05) is 136 Å². The lowest BCUT2D eigenvalue weighted by molar-refractivity contribution is -0.145. The van der Waals surface area contributed by atoms with Gasteiger partial charge in [-0.2, -0.15) is 0 Å². The summed E-state index contributed by atoms with van der Waals surface area (Å²) in [6.45, 7) is 19.3. The Hall–Kier alpha value is -6.30. The minimum atomic E-state index is -0.973. The molecule has 15 nitrogen and oxygen atoms in total. The van der Waals surface area contributed by atoms with E-state index >= 15 is 0 Å². The number of methoxy groups -OCH3 is 1. The number of nitrogens with zero attached hydrogens (tertiary/aromatic N) is 2. The lowest BCUT2D eigenvalue weighted by atomic mass is 9.76. The van der Waals surface area contributed by atoms with E-state index in [-0.39, 0.29) is 36.9 Å². The highest BCUT2D eigenvalue weighted by atomic mass is 16.6. The first-order valence-corrected chi connectivity index (χ1v) is 27.9. The van der Waals surface area contributed by atoms with Gasteiger partial charge in [0.05, 0.1) is 105 Å². The third kappa shape index (κ3) is 13.5. The quantitative estimate of drug-likeness (QED) is 0.0274. The van der Waals surface area contributed by atoms with Crippen LogP contribution < -0.4 is 19.3 Å². The number of piperidine rings is 1. The molecule has 5 aromatic carbocycles. The molecule has 15 heteroatoms. The monoisotopic (exact) mass is 1080 g/mol. The number of anilines is 2. The Balaban J connectivity index is 0.823. The van der Waals surface area contributed by atoms with Crippen LogP contribution in [0.5, 0.6) is 11.5 Å². The predicted octanol–water partition coefficient (Wildman–Crippen LogP) is 10.0. The summed E-state index contributed by atoms with van der Waals surface area (Å²) < 4.78 is 58.1. The van der Waals surface area contributed by atoms with Crippen molar-refractivity contribution in [1.82, 2.24) is 0 Å². The van der Waals surface area contributed by atoms with Crippen LogP contribution in [0.1, 0.15) is 74.3 Å². The lowest BCUT2D eigenvalue weighted by Crippen LogP contribution is -2.47. The second kappa shape index (κ2) is 27.2. The number of benzene rings is 5. The number of carboxylic acids is 1.